The molecule has 1 aliphatic rings. The zero-order valence-corrected chi connectivity index (χ0v) is 7.98. The van der Waals surface area contributed by atoms with E-state index in [0.717, 1.165) is 19.4 Å². The average molecular weight is 156 g/mol. The molecule has 0 amide bonds. The molecule has 1 fully saturated rings. The first-order valence-corrected chi connectivity index (χ1v) is 4.29. The summed E-state index contributed by atoms with van der Waals surface area (Å²) >= 11 is 0. The van der Waals surface area contributed by atoms with Crippen molar-refractivity contribution in [3.63, 3.8) is 0 Å². The minimum absolute atomic E-state index is 0.189. The first kappa shape index (κ1) is 9.01. The summed E-state index contributed by atoms with van der Waals surface area (Å²) in [6.07, 6.45) is 1.85. The van der Waals surface area contributed by atoms with E-state index in [2.05, 4.69) is 4.90 Å². The predicted molar refractivity (Wildman–Crippen MR) is 45.0 cm³/mol. The van der Waals surface area contributed by atoms with E-state index in [9.17, 15) is 5.11 Å². The molecule has 11 heavy (non-hydrogen) atoms. The van der Waals surface area contributed by atoms with Gasteiger partial charge in [-0.3, -0.25) is 4.90 Å². The maximum absolute atomic E-state index is 11.9. The van der Waals surface area contributed by atoms with E-state index in [1.165, 1.54) is 0 Å². The van der Waals surface area contributed by atoms with Crippen LogP contribution < -0.4 is 0 Å². The van der Waals surface area contributed by atoms with Gasteiger partial charge in [-0.15, -0.1) is 0 Å². The molecule has 1 aliphatic heterocycles. The molecule has 0 saturated carbocycles. The summed E-state index contributed by atoms with van der Waals surface area (Å²) in [4.78, 5) is 2.17. The van der Waals surface area contributed by atoms with Crippen molar-refractivity contribution in [1.82, 2.24) is 4.90 Å². The van der Waals surface area contributed by atoms with Crippen LogP contribution >= 0.6 is 0 Å². The first-order valence-electron chi connectivity index (χ1n) is 4.29. The Bertz CT molecular complexity index is 152. The molecule has 1 unspecified atom stereocenters. The van der Waals surface area contributed by atoms with Crippen molar-refractivity contribution in [2.24, 2.45) is 0 Å². The quantitative estimate of drug-likeness (QED) is 0.523. The fraction of sp³-hybridized carbons (Fsp3) is 1.00. The zero-order valence-electron chi connectivity index (χ0n) is 7.98. The monoisotopic (exact) mass is 156 g/mol. The van der Waals surface area contributed by atoms with E-state index >= 15 is 0 Å². The second-order valence-corrected chi connectivity index (χ2v) is 4.31. The van der Waals surface area contributed by atoms with Crippen LogP contribution in [0.15, 0.2) is 0 Å². The number of hydrogen-bond acceptors (Lipinski definition) is 1. The summed E-state index contributed by atoms with van der Waals surface area (Å²) in [5.41, 5.74) is -0.967. The molecule has 0 aromatic heterocycles. The van der Waals surface area contributed by atoms with Gasteiger partial charge in [0, 0.05) is 5.54 Å². The van der Waals surface area contributed by atoms with Gasteiger partial charge in [0.1, 0.15) is 5.60 Å². The zero-order chi connectivity index (χ0) is 8.70. The van der Waals surface area contributed by atoms with Crippen molar-refractivity contribution in [2.75, 3.05) is 13.6 Å². The van der Waals surface area contributed by atoms with Gasteiger partial charge in [-0.25, -0.2) is 5.11 Å². The third-order valence-corrected chi connectivity index (χ3v) is 3.40. The molecule has 2 heteroatoms. The van der Waals surface area contributed by atoms with Gasteiger partial charge in [-0.05, 0) is 47.2 Å². The lowest BCUT2D eigenvalue weighted by molar-refractivity contribution is -0.146. The maximum atomic E-state index is 11.9. The molecule has 1 saturated heterocycles. The van der Waals surface area contributed by atoms with Gasteiger partial charge < -0.3 is 0 Å². The highest BCUT2D eigenvalue weighted by Gasteiger charge is 2.46. The molecule has 0 bridgehead atoms. The summed E-state index contributed by atoms with van der Waals surface area (Å²) in [6.45, 7) is 6.96. The number of rotatable bonds is 0. The van der Waals surface area contributed by atoms with Crippen molar-refractivity contribution < 1.29 is 5.11 Å². The standard InChI is InChI=1S/C9H18NO/c1-8(2)9(3,11)6-5-7-10(8)4/h5-7H2,1-4H3. The van der Waals surface area contributed by atoms with Gasteiger partial charge in [0.2, 0.25) is 0 Å². The van der Waals surface area contributed by atoms with Crippen molar-refractivity contribution in [1.29, 1.82) is 0 Å². The lowest BCUT2D eigenvalue weighted by Crippen LogP contribution is -2.60. The minimum Gasteiger partial charge on any atom is -0.298 e. The average Bonchev–Trinajstić information content (AvgIpc) is 1.84. The molecule has 0 aromatic carbocycles. The van der Waals surface area contributed by atoms with E-state index in [1.54, 1.807) is 0 Å². The molecule has 1 radical (unpaired) electrons. The fourth-order valence-electron chi connectivity index (χ4n) is 1.64. The van der Waals surface area contributed by atoms with Crippen molar-refractivity contribution >= 4 is 0 Å². The Morgan fingerprint density at radius 2 is 1.82 bits per heavy atom. The lowest BCUT2D eigenvalue weighted by Gasteiger charge is -2.48. The van der Waals surface area contributed by atoms with E-state index in [4.69, 9.17) is 0 Å². The smallest absolute Gasteiger partial charge is 0.118 e. The molecule has 0 spiro atoms. The van der Waals surface area contributed by atoms with Crippen LogP contribution in [0.2, 0.25) is 0 Å². The summed E-state index contributed by atoms with van der Waals surface area (Å²) in [5, 5.41) is 11.9. The van der Waals surface area contributed by atoms with E-state index in [0.29, 0.717) is 0 Å². The van der Waals surface area contributed by atoms with Gasteiger partial charge in [-0.1, -0.05) is 0 Å². The highest BCUT2D eigenvalue weighted by Crippen LogP contribution is 2.35. The molecule has 1 rings (SSSR count). The molecule has 0 aliphatic carbocycles. The topological polar surface area (TPSA) is 23.1 Å². The third kappa shape index (κ3) is 1.30. The lowest BCUT2D eigenvalue weighted by atomic mass is 9.76. The molecule has 1 atom stereocenters. The van der Waals surface area contributed by atoms with Gasteiger partial charge in [0.05, 0.1) is 0 Å². The third-order valence-electron chi connectivity index (χ3n) is 3.40. The van der Waals surface area contributed by atoms with E-state index < -0.39 is 5.60 Å². The van der Waals surface area contributed by atoms with Crippen LogP contribution in [0.4, 0.5) is 0 Å². The Hall–Kier alpha value is -0.0800. The molecular weight excluding hydrogens is 138 g/mol. The van der Waals surface area contributed by atoms with Crippen molar-refractivity contribution in [2.45, 2.75) is 44.8 Å². The number of nitrogens with zero attached hydrogens (tertiary/aromatic N) is 1. The van der Waals surface area contributed by atoms with Gasteiger partial charge in [-0.2, -0.15) is 0 Å². The molecule has 65 valence electrons. The molecule has 0 N–H and O–H groups in total. The molecule has 0 aromatic rings. The van der Waals surface area contributed by atoms with Gasteiger partial charge >= 0.3 is 0 Å². The Labute approximate surface area is 69.2 Å². The van der Waals surface area contributed by atoms with E-state index in [1.807, 2.05) is 27.8 Å². The Morgan fingerprint density at radius 3 is 2.18 bits per heavy atom. The van der Waals surface area contributed by atoms with E-state index in [-0.39, 0.29) is 5.54 Å². The Balaban J connectivity index is 2.82. The predicted octanol–water partition coefficient (Wildman–Crippen LogP) is 1.68. The first-order chi connectivity index (χ1) is 4.88. The summed E-state index contributed by atoms with van der Waals surface area (Å²) in [6, 6.07) is 0. The van der Waals surface area contributed by atoms with Crippen LogP contribution in [0.1, 0.15) is 33.6 Å². The number of hydrogen-bond donors (Lipinski definition) is 0. The molecule has 2 nitrogen and oxygen atoms in total. The Kier molecular flexibility index (Phi) is 2.01. The SMILES string of the molecule is CN1CCCC(C)([O])C1(C)C. The van der Waals surface area contributed by atoms with Gasteiger partial charge in [0.25, 0.3) is 0 Å². The Morgan fingerprint density at radius 1 is 1.27 bits per heavy atom. The van der Waals surface area contributed by atoms with Crippen LogP contribution in [0.3, 0.4) is 0 Å². The normalized spacial score (nSPS) is 39.0. The summed E-state index contributed by atoms with van der Waals surface area (Å²) in [5.74, 6) is 0. The largest absolute Gasteiger partial charge is 0.298 e. The maximum Gasteiger partial charge on any atom is 0.118 e. The van der Waals surface area contributed by atoms with Crippen LogP contribution in [-0.2, 0) is 5.11 Å². The summed E-state index contributed by atoms with van der Waals surface area (Å²) < 4.78 is 0. The summed E-state index contributed by atoms with van der Waals surface area (Å²) in [7, 11) is 2.04. The fourth-order valence-corrected chi connectivity index (χ4v) is 1.64. The van der Waals surface area contributed by atoms with Crippen LogP contribution in [0.25, 0.3) is 0 Å². The van der Waals surface area contributed by atoms with Crippen molar-refractivity contribution in [3.8, 4) is 0 Å². The molecule has 1 heterocycles. The van der Waals surface area contributed by atoms with Gasteiger partial charge in [0.15, 0.2) is 0 Å². The minimum atomic E-state index is -0.778. The molecular formula is C9H18NO. The number of piperidine rings is 1. The van der Waals surface area contributed by atoms with Crippen LogP contribution in [0.5, 0.6) is 0 Å². The highest BCUT2D eigenvalue weighted by molar-refractivity contribution is 5.00. The highest BCUT2D eigenvalue weighted by atomic mass is 16.3. The second kappa shape index (κ2) is 2.46. The van der Waals surface area contributed by atoms with Crippen LogP contribution in [0, 0.1) is 0 Å². The second-order valence-electron chi connectivity index (χ2n) is 4.31. The van der Waals surface area contributed by atoms with Crippen LogP contribution in [-0.4, -0.2) is 29.6 Å². The van der Waals surface area contributed by atoms with Crippen molar-refractivity contribution in [3.05, 3.63) is 0 Å². The number of likely N-dealkylation sites (tertiary alicyclic amines) is 1. The number of likely N-dealkylation sites (N-methyl/N-ethyl adjacent to an activating group) is 1.